The minimum atomic E-state index is -5.08. The molecule has 1 saturated heterocycles. The Bertz CT molecular complexity index is 1620. The molecule has 260 valence electrons. The van der Waals surface area contributed by atoms with Crippen LogP contribution in [0.2, 0.25) is 0 Å². The largest absolute Gasteiger partial charge is 0.494 e. The Labute approximate surface area is 271 Å². The first-order chi connectivity index (χ1) is 21.9. The smallest absolute Gasteiger partial charge is 0.490 e. The summed E-state index contributed by atoms with van der Waals surface area (Å²) in [6.07, 6.45) is -3.31. The average molecular weight is 667 g/mol. The van der Waals surface area contributed by atoms with Crippen LogP contribution in [0.25, 0.3) is 5.65 Å². The van der Waals surface area contributed by atoms with E-state index in [0.717, 1.165) is 48.5 Å². The van der Waals surface area contributed by atoms with Gasteiger partial charge in [0.2, 0.25) is 11.5 Å². The number of benzene rings is 1. The summed E-state index contributed by atoms with van der Waals surface area (Å²) < 4.78 is 52.2. The molecule has 3 heterocycles. The highest BCUT2D eigenvalue weighted by Gasteiger charge is 2.38. The van der Waals surface area contributed by atoms with E-state index < -0.39 is 12.1 Å². The number of ketones is 1. The van der Waals surface area contributed by atoms with E-state index in [1.54, 1.807) is 7.11 Å². The van der Waals surface area contributed by atoms with Gasteiger partial charge >= 0.3 is 12.1 Å². The van der Waals surface area contributed by atoms with Gasteiger partial charge in [0.05, 0.1) is 32.1 Å². The van der Waals surface area contributed by atoms with E-state index in [1.807, 2.05) is 18.2 Å². The lowest BCUT2D eigenvalue weighted by Crippen LogP contribution is -2.37. The highest BCUT2D eigenvalue weighted by molar-refractivity contribution is 5.98. The van der Waals surface area contributed by atoms with Gasteiger partial charge in [-0.25, -0.2) is 9.48 Å². The molecule has 0 unspecified atom stereocenters. The quantitative estimate of drug-likeness (QED) is 0.273. The van der Waals surface area contributed by atoms with E-state index in [4.69, 9.17) is 29.5 Å². The molecule has 2 N–H and O–H groups in total. The van der Waals surface area contributed by atoms with Gasteiger partial charge in [-0.15, -0.1) is 10.2 Å². The molecule has 1 aliphatic rings. The second-order valence-corrected chi connectivity index (χ2v) is 12.5. The fraction of sp³-hybridized carbons (Fsp3) is 0.594. The zero-order chi connectivity index (χ0) is 35.3. The second kappa shape index (κ2) is 15.2. The number of hydrogen-bond donors (Lipinski definition) is 2. The van der Waals surface area contributed by atoms with Gasteiger partial charge in [-0.1, -0.05) is 48.5 Å². The SMILES string of the molecule is CCC(CC)Oc1cc(C(C)C)c2nn(CC(=O)c3cc(N4CCOCC4)c(OC)c(C(C)(C)C)c3)c(=N)n2n1.O=C(O)C(F)(F)F. The topological polar surface area (TPSA) is 144 Å². The average Bonchev–Trinajstić information content (AvgIpc) is 3.32. The third kappa shape index (κ3) is 9.02. The molecule has 0 aliphatic carbocycles. The molecule has 0 amide bonds. The lowest BCUT2D eigenvalue weighted by molar-refractivity contribution is -0.192. The summed E-state index contributed by atoms with van der Waals surface area (Å²) in [5.41, 5.74) is 3.67. The number of halogens is 3. The Balaban J connectivity index is 0.000000771. The van der Waals surface area contributed by atoms with Gasteiger partial charge in [0.1, 0.15) is 12.3 Å². The summed E-state index contributed by atoms with van der Waals surface area (Å²) in [7, 11) is 1.68. The van der Waals surface area contributed by atoms with Crippen LogP contribution in [0.5, 0.6) is 11.6 Å². The number of anilines is 1. The number of carbonyl (C=O) groups excluding carboxylic acids is 1. The Morgan fingerprint density at radius 3 is 2.15 bits per heavy atom. The monoisotopic (exact) mass is 666 g/mol. The van der Waals surface area contributed by atoms with Crippen LogP contribution in [0.15, 0.2) is 18.2 Å². The number of nitrogens with one attached hydrogen (secondary N) is 1. The van der Waals surface area contributed by atoms with Crippen LogP contribution in [0.1, 0.15) is 88.7 Å². The van der Waals surface area contributed by atoms with Crippen LogP contribution in [0.3, 0.4) is 0 Å². The minimum absolute atomic E-state index is 0.0261. The van der Waals surface area contributed by atoms with E-state index in [2.05, 4.69) is 63.6 Å². The van der Waals surface area contributed by atoms with Crippen molar-refractivity contribution < 1.29 is 42.1 Å². The zero-order valence-corrected chi connectivity index (χ0v) is 28.2. The van der Waals surface area contributed by atoms with Crippen molar-refractivity contribution in [1.29, 1.82) is 5.41 Å². The number of carbonyl (C=O) groups is 2. The molecule has 0 spiro atoms. The van der Waals surface area contributed by atoms with Crippen molar-refractivity contribution in [3.8, 4) is 11.6 Å². The standard InChI is InChI=1S/C30H44N6O4.C2HF3O2/c1-9-21(10-2)40-26-17-22(19(3)4)28-33-35(29(31)36(28)32-26)18-25(37)20-15-23(30(5,6)7)27(38-8)24(16-20)34-11-13-39-14-12-34;3-2(4,5)1(6)7/h15-17,19,21,31H,9-14,18H2,1-8H3;(H,6,7). The Kier molecular flexibility index (Phi) is 12.1. The van der Waals surface area contributed by atoms with Crippen molar-refractivity contribution in [2.45, 2.75) is 91.5 Å². The number of Topliss-reactive ketones (excluding diaryl/α,β-unsaturated/α-hetero) is 1. The first-order valence-corrected chi connectivity index (χ1v) is 15.5. The van der Waals surface area contributed by atoms with Crippen molar-refractivity contribution in [2.75, 3.05) is 38.3 Å². The summed E-state index contributed by atoms with van der Waals surface area (Å²) in [6, 6.07) is 5.73. The lowest BCUT2D eigenvalue weighted by atomic mass is 9.84. The molecule has 0 saturated carbocycles. The van der Waals surface area contributed by atoms with Gasteiger partial charge in [0, 0.05) is 35.8 Å². The van der Waals surface area contributed by atoms with E-state index in [1.165, 1.54) is 9.20 Å². The highest BCUT2D eigenvalue weighted by Crippen LogP contribution is 2.40. The number of aliphatic carboxylic acids is 1. The van der Waals surface area contributed by atoms with Gasteiger partial charge in [-0.2, -0.15) is 17.7 Å². The van der Waals surface area contributed by atoms with Crippen molar-refractivity contribution in [3.05, 3.63) is 40.5 Å². The van der Waals surface area contributed by atoms with Crippen LogP contribution in [-0.4, -0.2) is 81.9 Å². The summed E-state index contributed by atoms with van der Waals surface area (Å²) in [5, 5.41) is 25.2. The predicted molar refractivity (Wildman–Crippen MR) is 169 cm³/mol. The van der Waals surface area contributed by atoms with Crippen LogP contribution in [0.4, 0.5) is 18.9 Å². The summed E-state index contributed by atoms with van der Waals surface area (Å²) >= 11 is 0. The molecule has 15 heteroatoms. The van der Waals surface area contributed by atoms with Crippen LogP contribution in [-0.2, 0) is 21.5 Å². The normalized spacial score (nSPS) is 13.9. The van der Waals surface area contributed by atoms with Crippen LogP contribution >= 0.6 is 0 Å². The molecule has 12 nitrogen and oxygen atoms in total. The summed E-state index contributed by atoms with van der Waals surface area (Å²) in [6.45, 7) is 17.3. The number of ether oxygens (including phenoxy) is 3. The number of nitrogens with zero attached hydrogens (tertiary/aromatic N) is 5. The molecule has 1 aliphatic heterocycles. The molecule has 0 atom stereocenters. The third-order valence-corrected chi connectivity index (χ3v) is 7.71. The van der Waals surface area contributed by atoms with Crippen molar-refractivity contribution >= 4 is 23.1 Å². The summed E-state index contributed by atoms with van der Waals surface area (Å²) in [5.74, 6) is -1.51. The highest BCUT2D eigenvalue weighted by atomic mass is 19.4. The maximum Gasteiger partial charge on any atom is 0.490 e. The van der Waals surface area contributed by atoms with Gasteiger partial charge in [-0.3, -0.25) is 10.2 Å². The number of carboxylic acid groups (broad SMARTS) is 1. The van der Waals surface area contributed by atoms with E-state index >= 15 is 0 Å². The Hall–Kier alpha value is -4.14. The molecular weight excluding hydrogens is 621 g/mol. The van der Waals surface area contributed by atoms with E-state index in [9.17, 15) is 18.0 Å². The maximum atomic E-state index is 13.8. The number of morpholine rings is 1. The number of carboxylic acids is 1. The lowest BCUT2D eigenvalue weighted by Gasteiger charge is -2.33. The Morgan fingerprint density at radius 2 is 1.66 bits per heavy atom. The van der Waals surface area contributed by atoms with E-state index in [0.29, 0.717) is 30.3 Å². The first kappa shape index (κ1) is 37.3. The number of fused-ring (bicyclic) bond motifs is 1. The fourth-order valence-corrected chi connectivity index (χ4v) is 5.04. The minimum Gasteiger partial charge on any atom is -0.494 e. The molecule has 1 aromatic carbocycles. The number of methoxy groups -OCH3 is 1. The van der Waals surface area contributed by atoms with Crippen molar-refractivity contribution in [2.24, 2.45) is 0 Å². The van der Waals surface area contributed by atoms with Crippen molar-refractivity contribution in [3.63, 3.8) is 0 Å². The number of alkyl halides is 3. The molecule has 0 radical (unpaired) electrons. The molecular formula is C32H45F3N6O6. The first-order valence-electron chi connectivity index (χ1n) is 15.5. The molecule has 3 aromatic rings. The zero-order valence-electron chi connectivity index (χ0n) is 28.2. The predicted octanol–water partition coefficient (Wildman–Crippen LogP) is 5.36. The third-order valence-electron chi connectivity index (χ3n) is 7.71. The van der Waals surface area contributed by atoms with Crippen molar-refractivity contribution in [1.82, 2.24) is 19.4 Å². The number of rotatable bonds is 10. The van der Waals surface area contributed by atoms with Gasteiger partial charge < -0.3 is 24.2 Å². The van der Waals surface area contributed by atoms with Gasteiger partial charge in [-0.05, 0) is 36.3 Å². The Morgan fingerprint density at radius 1 is 1.06 bits per heavy atom. The van der Waals surface area contributed by atoms with Gasteiger partial charge in [0.25, 0.3) is 0 Å². The summed E-state index contributed by atoms with van der Waals surface area (Å²) in [4.78, 5) is 24.9. The van der Waals surface area contributed by atoms with Gasteiger partial charge in [0.15, 0.2) is 11.4 Å². The number of aromatic nitrogens is 4. The molecule has 1 fully saturated rings. The second-order valence-electron chi connectivity index (χ2n) is 12.5. The molecule has 2 aromatic heterocycles. The fourth-order valence-electron chi connectivity index (χ4n) is 5.04. The molecule has 47 heavy (non-hydrogen) atoms. The maximum absolute atomic E-state index is 13.8. The van der Waals surface area contributed by atoms with E-state index in [-0.39, 0.29) is 35.4 Å². The molecule has 0 bridgehead atoms. The van der Waals surface area contributed by atoms with Crippen LogP contribution < -0.4 is 20.0 Å². The number of hydrogen-bond acceptors (Lipinski definition) is 9. The van der Waals surface area contributed by atoms with Crippen LogP contribution in [0, 0.1) is 5.41 Å². The molecule has 4 rings (SSSR count).